The van der Waals surface area contributed by atoms with Crippen molar-refractivity contribution in [3.63, 3.8) is 0 Å². The van der Waals surface area contributed by atoms with Crippen molar-refractivity contribution in [2.24, 2.45) is 0 Å². The predicted molar refractivity (Wildman–Crippen MR) is 78.9 cm³/mol. The zero-order chi connectivity index (χ0) is 14.3. The van der Waals surface area contributed by atoms with Gasteiger partial charge >= 0.3 is 0 Å². The quantitative estimate of drug-likeness (QED) is 0.597. The van der Waals surface area contributed by atoms with Crippen LogP contribution in [0.3, 0.4) is 0 Å². The Bertz CT molecular complexity index is 382. The zero-order valence-electron chi connectivity index (χ0n) is 11.5. The van der Waals surface area contributed by atoms with Gasteiger partial charge in [0.05, 0.1) is 0 Å². The molecule has 0 radical (unpaired) electrons. The van der Waals surface area contributed by atoms with Crippen LogP contribution in [0.15, 0.2) is 35.6 Å². The molecule has 0 bridgehead atoms. The van der Waals surface area contributed by atoms with E-state index in [0.717, 1.165) is 18.4 Å². The van der Waals surface area contributed by atoms with Gasteiger partial charge in [-0.15, -0.1) is 0 Å². The number of hydrogen-bond acceptors (Lipinski definition) is 2. The van der Waals surface area contributed by atoms with Gasteiger partial charge in [0.2, 0.25) is 0 Å². The predicted octanol–water partition coefficient (Wildman–Crippen LogP) is 3.66. The molecule has 0 atom stereocenters. The Hall–Kier alpha value is -1.22. The third kappa shape index (κ3) is 6.48. The van der Waals surface area contributed by atoms with Crippen molar-refractivity contribution in [2.45, 2.75) is 45.1 Å². The third-order valence-corrected chi connectivity index (χ3v) is 3.46. The van der Waals surface area contributed by atoms with E-state index in [2.05, 4.69) is 18.5 Å². The molecule has 1 N–H and O–H groups in total. The fourth-order valence-electron chi connectivity index (χ4n) is 2.04. The number of rotatable bonds is 6. The minimum absolute atomic E-state index is 0.00608. The lowest BCUT2D eigenvalue weighted by Crippen LogP contribution is -2.38. The summed E-state index contributed by atoms with van der Waals surface area (Å²) in [6.45, 7) is 9.12. The van der Waals surface area contributed by atoms with Crippen LogP contribution in [0.5, 0.6) is 0 Å². The molecule has 0 saturated heterocycles. The summed E-state index contributed by atoms with van der Waals surface area (Å²) in [6.07, 6.45) is 7.46. The fourth-order valence-corrected chi connectivity index (χ4v) is 2.09. The van der Waals surface area contributed by atoms with Crippen molar-refractivity contribution >= 4 is 17.5 Å². The topological polar surface area (TPSA) is 38.3 Å². The average Bonchev–Trinajstić information content (AvgIpc) is 2.37. The number of allylic oxidation sites excluding steroid dienone is 3. The van der Waals surface area contributed by atoms with Gasteiger partial charge in [-0.2, -0.15) is 0 Å². The van der Waals surface area contributed by atoms with Crippen LogP contribution in [0.2, 0.25) is 0 Å². The maximum absolute atomic E-state index is 11.7. The Morgan fingerprint density at radius 1 is 1.37 bits per heavy atom. The lowest BCUT2D eigenvalue weighted by Gasteiger charge is -2.22. The van der Waals surface area contributed by atoms with E-state index in [1.54, 1.807) is 6.08 Å². The van der Waals surface area contributed by atoms with Crippen LogP contribution in [-0.2, 0) is 9.53 Å². The molecule has 1 rings (SSSR count). The molecule has 0 aromatic rings. The summed E-state index contributed by atoms with van der Waals surface area (Å²) in [4.78, 5) is 11.7. The Kier molecular flexibility index (Phi) is 6.71. The van der Waals surface area contributed by atoms with E-state index in [0.29, 0.717) is 16.8 Å². The average molecular weight is 284 g/mol. The fraction of sp³-hybridized carbons (Fsp3) is 0.533. The van der Waals surface area contributed by atoms with Gasteiger partial charge in [-0.25, -0.2) is 0 Å². The Morgan fingerprint density at radius 2 is 2.00 bits per heavy atom. The number of carbonyl (C=O) groups is 1. The maximum Gasteiger partial charge on any atom is 0.258 e. The van der Waals surface area contributed by atoms with Gasteiger partial charge < -0.3 is 10.1 Å². The van der Waals surface area contributed by atoms with Gasteiger partial charge in [0.25, 0.3) is 5.91 Å². The van der Waals surface area contributed by atoms with Gasteiger partial charge in [-0.05, 0) is 31.4 Å². The molecule has 0 heterocycles. The Morgan fingerprint density at radius 3 is 2.58 bits per heavy atom. The normalized spacial score (nSPS) is 16.8. The van der Waals surface area contributed by atoms with Crippen LogP contribution in [0, 0.1) is 0 Å². The van der Waals surface area contributed by atoms with Crippen molar-refractivity contribution in [2.75, 3.05) is 6.61 Å². The molecule has 3 nitrogen and oxygen atoms in total. The molecule has 0 aromatic heterocycles. The monoisotopic (exact) mass is 283 g/mol. The molecular weight excluding hydrogens is 262 g/mol. The van der Waals surface area contributed by atoms with E-state index in [9.17, 15) is 4.79 Å². The largest absolute Gasteiger partial charge is 0.484 e. The highest BCUT2D eigenvalue weighted by Gasteiger charge is 2.15. The molecule has 0 spiro atoms. The summed E-state index contributed by atoms with van der Waals surface area (Å²) in [6, 6.07) is 0.304. The van der Waals surface area contributed by atoms with E-state index < -0.39 is 0 Å². The summed E-state index contributed by atoms with van der Waals surface area (Å²) >= 11 is 5.73. The number of nitrogens with one attached hydrogen (secondary N) is 1. The van der Waals surface area contributed by atoms with Crippen molar-refractivity contribution in [3.05, 3.63) is 35.6 Å². The summed E-state index contributed by atoms with van der Waals surface area (Å²) in [7, 11) is 0. The van der Waals surface area contributed by atoms with Gasteiger partial charge in [-0.1, -0.05) is 44.0 Å². The lowest BCUT2D eigenvalue weighted by molar-refractivity contribution is -0.125. The summed E-state index contributed by atoms with van der Waals surface area (Å²) in [5.74, 6) is 0.321. The van der Waals surface area contributed by atoms with Gasteiger partial charge in [-0.3, -0.25) is 4.79 Å². The van der Waals surface area contributed by atoms with E-state index in [1.807, 2.05) is 6.92 Å². The minimum atomic E-state index is -0.0937. The molecule has 0 aliphatic heterocycles. The first-order chi connectivity index (χ1) is 8.99. The molecule has 1 aliphatic rings. The Labute approximate surface area is 120 Å². The second-order valence-corrected chi connectivity index (χ2v) is 5.35. The number of carbonyl (C=O) groups excluding carboxylic acids is 1. The van der Waals surface area contributed by atoms with Crippen molar-refractivity contribution in [3.8, 4) is 0 Å². The molecule has 0 unspecified atom stereocenters. The zero-order valence-corrected chi connectivity index (χ0v) is 12.3. The molecule has 4 heteroatoms. The van der Waals surface area contributed by atoms with Gasteiger partial charge in [0.1, 0.15) is 5.76 Å². The molecule has 1 fully saturated rings. The van der Waals surface area contributed by atoms with Crippen LogP contribution >= 0.6 is 11.6 Å². The van der Waals surface area contributed by atoms with E-state index >= 15 is 0 Å². The van der Waals surface area contributed by atoms with Crippen molar-refractivity contribution in [1.82, 2.24) is 5.32 Å². The molecular formula is C15H22ClNO2. The number of ether oxygens (including phenoxy) is 1. The van der Waals surface area contributed by atoms with Crippen LogP contribution < -0.4 is 5.32 Å². The molecule has 0 aromatic carbocycles. The highest BCUT2D eigenvalue weighted by molar-refractivity contribution is 6.31. The smallest absolute Gasteiger partial charge is 0.258 e. The summed E-state index contributed by atoms with van der Waals surface area (Å²) in [5.41, 5.74) is 0.777. The first kappa shape index (κ1) is 15.8. The first-order valence-electron chi connectivity index (χ1n) is 6.63. The van der Waals surface area contributed by atoms with E-state index in [-0.39, 0.29) is 12.5 Å². The molecule has 19 heavy (non-hydrogen) atoms. The van der Waals surface area contributed by atoms with Crippen LogP contribution in [0.1, 0.15) is 39.0 Å². The SMILES string of the molecule is C=C(/C=C(/C)C(=C)Cl)OCC(=O)NC1CCCCC1. The molecule has 1 aliphatic carbocycles. The van der Waals surface area contributed by atoms with E-state index in [4.69, 9.17) is 16.3 Å². The van der Waals surface area contributed by atoms with Crippen LogP contribution in [-0.4, -0.2) is 18.6 Å². The Balaban J connectivity index is 2.27. The van der Waals surface area contributed by atoms with Gasteiger partial charge in [0.15, 0.2) is 6.61 Å². The van der Waals surface area contributed by atoms with Crippen LogP contribution in [0.4, 0.5) is 0 Å². The maximum atomic E-state index is 11.7. The highest BCUT2D eigenvalue weighted by atomic mass is 35.5. The highest BCUT2D eigenvalue weighted by Crippen LogP contribution is 2.17. The summed E-state index contributed by atoms with van der Waals surface area (Å²) in [5, 5.41) is 3.42. The summed E-state index contributed by atoms with van der Waals surface area (Å²) < 4.78 is 5.28. The van der Waals surface area contributed by atoms with Crippen molar-refractivity contribution in [1.29, 1.82) is 0 Å². The lowest BCUT2D eigenvalue weighted by atomic mass is 9.95. The van der Waals surface area contributed by atoms with E-state index in [1.165, 1.54) is 19.3 Å². The second kappa shape index (κ2) is 8.05. The number of halogens is 1. The first-order valence-corrected chi connectivity index (χ1v) is 7.01. The van der Waals surface area contributed by atoms with Crippen molar-refractivity contribution < 1.29 is 9.53 Å². The third-order valence-electron chi connectivity index (χ3n) is 3.16. The molecule has 106 valence electrons. The molecule has 1 amide bonds. The van der Waals surface area contributed by atoms with Gasteiger partial charge in [0, 0.05) is 11.1 Å². The standard InChI is InChI=1S/C15H22ClNO2/c1-11(13(3)16)9-12(2)19-10-15(18)17-14-7-5-4-6-8-14/h9,14H,2-8,10H2,1H3,(H,17,18)/b11-9-. The molecule has 1 saturated carbocycles. The second-order valence-electron chi connectivity index (χ2n) is 4.89. The number of hydrogen-bond donors (Lipinski definition) is 1. The van der Waals surface area contributed by atoms with Crippen LogP contribution in [0.25, 0.3) is 0 Å². The number of amides is 1. The minimum Gasteiger partial charge on any atom is -0.484 e.